The van der Waals surface area contributed by atoms with E-state index in [0.717, 1.165) is 31.5 Å². The van der Waals surface area contributed by atoms with Crippen LogP contribution in [0, 0.1) is 0 Å². The third-order valence-electron chi connectivity index (χ3n) is 4.68. The van der Waals surface area contributed by atoms with E-state index in [0.29, 0.717) is 27.6 Å². The maximum absolute atomic E-state index is 12.4. The second-order valence-electron chi connectivity index (χ2n) is 6.93. The predicted octanol–water partition coefficient (Wildman–Crippen LogP) is 4.00. The molecule has 3 rings (SSSR count). The molecule has 1 heterocycles. The summed E-state index contributed by atoms with van der Waals surface area (Å²) in [5.74, 6) is 1.39. The smallest absolute Gasteiger partial charge is 0.251 e. The fraction of sp³-hybridized carbons (Fsp3) is 0.421. The van der Waals surface area contributed by atoms with E-state index in [1.165, 1.54) is 0 Å². The topological polar surface area (TPSA) is 70.2 Å². The lowest BCUT2D eigenvalue weighted by Crippen LogP contribution is -2.40. The predicted molar refractivity (Wildman–Crippen MR) is 110 cm³/mol. The number of carbonyl (C=O) groups is 1. The standard InChI is InChI=1S/C19H23Cl2N5O/c1-26(2)17-9-10-22-19(25-17)24-14-6-4-13(5-7-14)23-18(27)12-3-8-15(20)16(21)11-12/h3,8-11,13-14H,4-7H2,1-2H3,(H,23,27)(H,22,24,25). The Hall–Kier alpha value is -2.05. The van der Waals surface area contributed by atoms with Gasteiger partial charge in [0.2, 0.25) is 5.95 Å². The van der Waals surface area contributed by atoms with Crippen LogP contribution in [0.5, 0.6) is 0 Å². The van der Waals surface area contributed by atoms with Gasteiger partial charge in [-0.05, 0) is 49.9 Å². The number of hydrogen-bond acceptors (Lipinski definition) is 5. The van der Waals surface area contributed by atoms with Crippen molar-refractivity contribution in [3.63, 3.8) is 0 Å². The number of rotatable bonds is 5. The molecule has 2 aromatic rings. The van der Waals surface area contributed by atoms with Gasteiger partial charge >= 0.3 is 0 Å². The lowest BCUT2D eigenvalue weighted by Gasteiger charge is -2.29. The molecule has 144 valence electrons. The Kier molecular flexibility index (Phi) is 6.39. The highest BCUT2D eigenvalue weighted by Crippen LogP contribution is 2.24. The molecule has 1 aliphatic rings. The minimum Gasteiger partial charge on any atom is -0.363 e. The van der Waals surface area contributed by atoms with E-state index in [2.05, 4.69) is 20.6 Å². The SMILES string of the molecule is CN(C)c1ccnc(NC2CCC(NC(=O)c3ccc(Cl)c(Cl)c3)CC2)n1. The van der Waals surface area contributed by atoms with Crippen LogP contribution < -0.4 is 15.5 Å². The molecule has 0 aliphatic heterocycles. The molecule has 1 saturated carbocycles. The van der Waals surface area contributed by atoms with Crippen LogP contribution in [0.3, 0.4) is 0 Å². The van der Waals surface area contributed by atoms with Gasteiger partial charge < -0.3 is 15.5 Å². The van der Waals surface area contributed by atoms with E-state index in [9.17, 15) is 4.79 Å². The maximum Gasteiger partial charge on any atom is 0.251 e. The highest BCUT2D eigenvalue weighted by atomic mass is 35.5. The molecule has 0 atom stereocenters. The summed E-state index contributed by atoms with van der Waals surface area (Å²) in [6.45, 7) is 0. The van der Waals surface area contributed by atoms with Crippen molar-refractivity contribution in [1.82, 2.24) is 15.3 Å². The molecular formula is C19H23Cl2N5O. The summed E-state index contributed by atoms with van der Waals surface area (Å²) in [6, 6.07) is 7.26. The van der Waals surface area contributed by atoms with E-state index in [1.807, 2.05) is 25.1 Å². The summed E-state index contributed by atoms with van der Waals surface area (Å²) in [4.78, 5) is 23.1. The zero-order valence-corrected chi connectivity index (χ0v) is 16.9. The van der Waals surface area contributed by atoms with Gasteiger partial charge in [0.25, 0.3) is 5.91 Å². The number of hydrogen-bond donors (Lipinski definition) is 2. The number of nitrogens with one attached hydrogen (secondary N) is 2. The molecule has 1 aromatic heterocycles. The second-order valence-corrected chi connectivity index (χ2v) is 7.74. The van der Waals surface area contributed by atoms with Gasteiger partial charge in [-0.1, -0.05) is 23.2 Å². The first-order valence-electron chi connectivity index (χ1n) is 8.95. The van der Waals surface area contributed by atoms with Crippen LogP contribution in [0.25, 0.3) is 0 Å². The Morgan fingerprint density at radius 2 is 1.78 bits per heavy atom. The van der Waals surface area contributed by atoms with Crippen molar-refractivity contribution in [3.05, 3.63) is 46.1 Å². The first-order chi connectivity index (χ1) is 12.9. The molecule has 0 spiro atoms. The van der Waals surface area contributed by atoms with Gasteiger partial charge in [-0.2, -0.15) is 4.98 Å². The zero-order valence-electron chi connectivity index (χ0n) is 15.4. The van der Waals surface area contributed by atoms with Gasteiger partial charge in [-0.3, -0.25) is 4.79 Å². The molecule has 0 saturated heterocycles. The van der Waals surface area contributed by atoms with Crippen molar-refractivity contribution in [1.29, 1.82) is 0 Å². The average Bonchev–Trinajstić information content (AvgIpc) is 2.65. The Morgan fingerprint density at radius 3 is 2.44 bits per heavy atom. The minimum absolute atomic E-state index is 0.119. The fourth-order valence-electron chi connectivity index (χ4n) is 3.14. The van der Waals surface area contributed by atoms with Crippen molar-refractivity contribution in [2.75, 3.05) is 24.3 Å². The van der Waals surface area contributed by atoms with Crippen molar-refractivity contribution in [2.24, 2.45) is 0 Å². The normalized spacial score (nSPS) is 19.4. The van der Waals surface area contributed by atoms with E-state index < -0.39 is 0 Å². The summed E-state index contributed by atoms with van der Waals surface area (Å²) in [5, 5.41) is 7.32. The van der Waals surface area contributed by atoms with Crippen LogP contribution in [0.4, 0.5) is 11.8 Å². The highest BCUT2D eigenvalue weighted by Gasteiger charge is 2.23. The number of anilines is 2. The number of amides is 1. The monoisotopic (exact) mass is 407 g/mol. The first kappa shape index (κ1) is 19.7. The van der Waals surface area contributed by atoms with Crippen molar-refractivity contribution >= 4 is 40.9 Å². The summed E-state index contributed by atoms with van der Waals surface area (Å²) in [6.07, 6.45) is 5.45. The molecule has 1 amide bonds. The lowest BCUT2D eigenvalue weighted by molar-refractivity contribution is 0.0926. The minimum atomic E-state index is -0.119. The zero-order chi connectivity index (χ0) is 19.4. The van der Waals surface area contributed by atoms with E-state index in [4.69, 9.17) is 23.2 Å². The van der Waals surface area contributed by atoms with Crippen LogP contribution in [0.1, 0.15) is 36.0 Å². The number of aromatic nitrogens is 2. The van der Waals surface area contributed by atoms with E-state index in [1.54, 1.807) is 24.4 Å². The third kappa shape index (κ3) is 5.23. The molecule has 1 fully saturated rings. The Balaban J connectivity index is 1.50. The summed E-state index contributed by atoms with van der Waals surface area (Å²) in [5.41, 5.74) is 0.526. The van der Waals surface area contributed by atoms with Gasteiger partial charge in [0.1, 0.15) is 5.82 Å². The van der Waals surface area contributed by atoms with Crippen LogP contribution >= 0.6 is 23.2 Å². The summed E-state index contributed by atoms with van der Waals surface area (Å²) < 4.78 is 0. The quantitative estimate of drug-likeness (QED) is 0.783. The Morgan fingerprint density at radius 1 is 1.07 bits per heavy atom. The molecule has 1 aromatic carbocycles. The van der Waals surface area contributed by atoms with Gasteiger partial charge in [0.15, 0.2) is 0 Å². The van der Waals surface area contributed by atoms with Crippen LogP contribution in [0.2, 0.25) is 10.0 Å². The molecular weight excluding hydrogens is 385 g/mol. The third-order valence-corrected chi connectivity index (χ3v) is 5.42. The maximum atomic E-state index is 12.4. The van der Waals surface area contributed by atoms with Gasteiger partial charge in [-0.25, -0.2) is 4.98 Å². The number of halogens is 2. The molecule has 2 N–H and O–H groups in total. The van der Waals surface area contributed by atoms with Crippen LogP contribution in [-0.4, -0.2) is 42.1 Å². The first-order valence-corrected chi connectivity index (χ1v) is 9.71. The lowest BCUT2D eigenvalue weighted by atomic mass is 9.91. The average molecular weight is 408 g/mol. The molecule has 0 radical (unpaired) electrons. The fourth-order valence-corrected chi connectivity index (χ4v) is 3.44. The number of benzene rings is 1. The molecule has 1 aliphatic carbocycles. The molecule has 6 nitrogen and oxygen atoms in total. The molecule has 8 heteroatoms. The number of carbonyl (C=O) groups excluding carboxylic acids is 1. The van der Waals surface area contributed by atoms with Crippen molar-refractivity contribution in [3.8, 4) is 0 Å². The molecule has 0 bridgehead atoms. The van der Waals surface area contributed by atoms with Gasteiger partial charge in [0, 0.05) is 37.9 Å². The summed E-state index contributed by atoms with van der Waals surface area (Å²) in [7, 11) is 3.90. The van der Waals surface area contributed by atoms with E-state index in [-0.39, 0.29) is 11.9 Å². The highest BCUT2D eigenvalue weighted by molar-refractivity contribution is 6.42. The van der Waals surface area contributed by atoms with Crippen LogP contribution in [-0.2, 0) is 0 Å². The summed E-state index contributed by atoms with van der Waals surface area (Å²) >= 11 is 11.9. The van der Waals surface area contributed by atoms with Gasteiger partial charge in [0.05, 0.1) is 10.0 Å². The van der Waals surface area contributed by atoms with Crippen molar-refractivity contribution in [2.45, 2.75) is 37.8 Å². The largest absolute Gasteiger partial charge is 0.363 e. The molecule has 0 unspecified atom stereocenters. The van der Waals surface area contributed by atoms with Crippen LogP contribution in [0.15, 0.2) is 30.5 Å². The second kappa shape index (κ2) is 8.76. The Labute approximate surface area is 169 Å². The van der Waals surface area contributed by atoms with Gasteiger partial charge in [-0.15, -0.1) is 0 Å². The van der Waals surface area contributed by atoms with Crippen molar-refractivity contribution < 1.29 is 4.79 Å². The Bertz CT molecular complexity index is 806. The van der Waals surface area contributed by atoms with E-state index >= 15 is 0 Å². The molecule has 27 heavy (non-hydrogen) atoms. The number of nitrogens with zero attached hydrogens (tertiary/aromatic N) is 3.